The highest BCUT2D eigenvalue weighted by molar-refractivity contribution is 5.51. The van der Waals surface area contributed by atoms with Crippen LogP contribution in [0.25, 0.3) is 0 Å². The van der Waals surface area contributed by atoms with Crippen LogP contribution in [0.2, 0.25) is 0 Å². The van der Waals surface area contributed by atoms with Crippen molar-refractivity contribution in [2.75, 3.05) is 31.1 Å². The van der Waals surface area contributed by atoms with E-state index in [0.29, 0.717) is 5.41 Å². The van der Waals surface area contributed by atoms with Crippen LogP contribution in [0.4, 0.5) is 11.4 Å². The average molecular weight is 247 g/mol. The number of nitro groups is 1. The van der Waals surface area contributed by atoms with Crippen molar-refractivity contribution in [3.8, 4) is 0 Å². The van der Waals surface area contributed by atoms with Gasteiger partial charge < -0.3 is 10.2 Å². The molecule has 5 heteroatoms. The standard InChI is InChI=1S/C13H17N3O2/c17-16(18)12-3-1-11(2-4-12)15-7-5-13(6-8-15)9-14-10-13/h1-4,14H,5-10H2. The summed E-state index contributed by atoms with van der Waals surface area (Å²) in [7, 11) is 0. The lowest BCUT2D eigenvalue weighted by molar-refractivity contribution is -0.384. The fourth-order valence-corrected chi connectivity index (χ4v) is 2.86. The number of piperidine rings is 1. The second kappa shape index (κ2) is 4.24. The third-order valence-corrected chi connectivity index (χ3v) is 4.25. The molecule has 0 aromatic heterocycles. The first kappa shape index (κ1) is 11.5. The zero-order valence-corrected chi connectivity index (χ0v) is 10.3. The molecular weight excluding hydrogens is 230 g/mol. The van der Waals surface area contributed by atoms with Crippen LogP contribution in [0.3, 0.4) is 0 Å². The predicted molar refractivity (Wildman–Crippen MR) is 69.8 cm³/mol. The summed E-state index contributed by atoms with van der Waals surface area (Å²) in [6.07, 6.45) is 2.44. The predicted octanol–water partition coefficient (Wildman–Crippen LogP) is 1.78. The molecule has 0 radical (unpaired) electrons. The van der Waals surface area contributed by atoms with Crippen LogP contribution in [0.1, 0.15) is 12.8 Å². The number of non-ortho nitro benzene ring substituents is 1. The van der Waals surface area contributed by atoms with Crippen molar-refractivity contribution in [1.82, 2.24) is 5.32 Å². The van der Waals surface area contributed by atoms with Gasteiger partial charge in [-0.05, 0) is 30.4 Å². The lowest BCUT2D eigenvalue weighted by atomic mass is 9.73. The van der Waals surface area contributed by atoms with E-state index in [2.05, 4.69) is 10.2 Å². The van der Waals surface area contributed by atoms with E-state index in [0.717, 1.165) is 31.9 Å². The third kappa shape index (κ3) is 1.95. The van der Waals surface area contributed by atoms with Crippen molar-refractivity contribution in [3.05, 3.63) is 34.4 Å². The van der Waals surface area contributed by atoms with Crippen LogP contribution in [-0.2, 0) is 0 Å². The molecule has 2 fully saturated rings. The van der Waals surface area contributed by atoms with Gasteiger partial charge in [0.2, 0.25) is 0 Å². The van der Waals surface area contributed by atoms with Gasteiger partial charge in [0.25, 0.3) is 5.69 Å². The summed E-state index contributed by atoms with van der Waals surface area (Å²) in [6.45, 7) is 4.42. The first-order valence-corrected chi connectivity index (χ1v) is 6.39. The Morgan fingerprint density at radius 1 is 1.17 bits per heavy atom. The van der Waals surface area contributed by atoms with Crippen LogP contribution < -0.4 is 10.2 Å². The highest BCUT2D eigenvalue weighted by Crippen LogP contribution is 2.36. The van der Waals surface area contributed by atoms with Crippen molar-refractivity contribution in [3.63, 3.8) is 0 Å². The second-order valence-electron chi connectivity index (χ2n) is 5.36. The molecule has 1 N–H and O–H groups in total. The topological polar surface area (TPSA) is 58.4 Å². The van der Waals surface area contributed by atoms with Crippen molar-refractivity contribution in [1.29, 1.82) is 0 Å². The largest absolute Gasteiger partial charge is 0.371 e. The molecule has 18 heavy (non-hydrogen) atoms. The fourth-order valence-electron chi connectivity index (χ4n) is 2.86. The molecule has 96 valence electrons. The van der Waals surface area contributed by atoms with E-state index in [1.54, 1.807) is 12.1 Å². The summed E-state index contributed by atoms with van der Waals surface area (Å²) >= 11 is 0. The lowest BCUT2D eigenvalue weighted by Gasteiger charge is -2.48. The van der Waals surface area contributed by atoms with Crippen molar-refractivity contribution in [2.45, 2.75) is 12.8 Å². The zero-order valence-electron chi connectivity index (χ0n) is 10.3. The number of nitrogens with one attached hydrogen (secondary N) is 1. The molecule has 2 heterocycles. The van der Waals surface area contributed by atoms with E-state index in [9.17, 15) is 10.1 Å². The smallest absolute Gasteiger partial charge is 0.269 e. The summed E-state index contributed by atoms with van der Waals surface area (Å²) in [5.74, 6) is 0. The normalized spacial score (nSPS) is 21.7. The Morgan fingerprint density at radius 2 is 1.78 bits per heavy atom. The molecule has 0 unspecified atom stereocenters. The van der Waals surface area contributed by atoms with Crippen molar-refractivity contribution in [2.24, 2.45) is 5.41 Å². The van der Waals surface area contributed by atoms with Crippen molar-refractivity contribution >= 4 is 11.4 Å². The van der Waals surface area contributed by atoms with Gasteiger partial charge in [-0.15, -0.1) is 0 Å². The van der Waals surface area contributed by atoms with Crippen LogP contribution >= 0.6 is 0 Å². The Balaban J connectivity index is 1.67. The summed E-state index contributed by atoms with van der Waals surface area (Å²) in [5.41, 5.74) is 1.80. The van der Waals surface area contributed by atoms with Crippen LogP contribution in [-0.4, -0.2) is 31.1 Å². The molecule has 2 aliphatic heterocycles. The molecule has 1 spiro atoms. The van der Waals surface area contributed by atoms with Crippen molar-refractivity contribution < 1.29 is 4.92 Å². The Kier molecular flexibility index (Phi) is 2.70. The Hall–Kier alpha value is -1.62. The molecule has 1 aromatic carbocycles. The quantitative estimate of drug-likeness (QED) is 0.639. The van der Waals surface area contributed by atoms with Gasteiger partial charge in [-0.2, -0.15) is 0 Å². The van der Waals surface area contributed by atoms with E-state index >= 15 is 0 Å². The number of anilines is 1. The van der Waals surface area contributed by atoms with Gasteiger partial charge in [0, 0.05) is 44.0 Å². The Labute approximate surface area is 106 Å². The Morgan fingerprint density at radius 3 is 2.22 bits per heavy atom. The summed E-state index contributed by atoms with van der Waals surface area (Å²) in [4.78, 5) is 12.6. The summed E-state index contributed by atoms with van der Waals surface area (Å²) in [5, 5.41) is 14.0. The molecule has 0 atom stereocenters. The van der Waals surface area contributed by atoms with Gasteiger partial charge in [0.05, 0.1) is 4.92 Å². The first-order chi connectivity index (χ1) is 8.69. The average Bonchev–Trinajstić information content (AvgIpc) is 2.37. The maximum Gasteiger partial charge on any atom is 0.269 e. The molecule has 0 amide bonds. The van der Waals surface area contributed by atoms with E-state index in [1.807, 2.05) is 12.1 Å². The van der Waals surface area contributed by atoms with Crippen LogP contribution in [0.15, 0.2) is 24.3 Å². The highest BCUT2D eigenvalue weighted by atomic mass is 16.6. The molecule has 2 saturated heterocycles. The number of hydrogen-bond acceptors (Lipinski definition) is 4. The molecular formula is C13H17N3O2. The van der Waals surface area contributed by atoms with Gasteiger partial charge in [-0.1, -0.05) is 0 Å². The first-order valence-electron chi connectivity index (χ1n) is 6.39. The van der Waals surface area contributed by atoms with Gasteiger partial charge in [-0.25, -0.2) is 0 Å². The maximum absolute atomic E-state index is 10.6. The van der Waals surface area contributed by atoms with Gasteiger partial charge in [0.1, 0.15) is 0 Å². The fraction of sp³-hybridized carbons (Fsp3) is 0.538. The molecule has 0 aliphatic carbocycles. The summed E-state index contributed by atoms with van der Waals surface area (Å²) < 4.78 is 0. The molecule has 0 saturated carbocycles. The molecule has 0 bridgehead atoms. The van der Waals surface area contributed by atoms with Gasteiger partial charge in [0.15, 0.2) is 0 Å². The van der Waals surface area contributed by atoms with Gasteiger partial charge in [-0.3, -0.25) is 10.1 Å². The van der Waals surface area contributed by atoms with E-state index in [1.165, 1.54) is 12.8 Å². The molecule has 1 aromatic rings. The number of nitro benzene ring substituents is 1. The second-order valence-corrected chi connectivity index (χ2v) is 5.36. The van der Waals surface area contributed by atoms with Gasteiger partial charge >= 0.3 is 0 Å². The lowest BCUT2D eigenvalue weighted by Crippen LogP contribution is -2.58. The maximum atomic E-state index is 10.6. The minimum atomic E-state index is -0.352. The molecule has 3 rings (SSSR count). The van der Waals surface area contributed by atoms with Crippen LogP contribution in [0.5, 0.6) is 0 Å². The van der Waals surface area contributed by atoms with E-state index in [4.69, 9.17) is 0 Å². The molecule has 2 aliphatic rings. The SMILES string of the molecule is O=[N+]([O-])c1ccc(N2CCC3(CC2)CNC3)cc1. The number of hydrogen-bond donors (Lipinski definition) is 1. The zero-order chi connectivity index (χ0) is 12.6. The minimum Gasteiger partial charge on any atom is -0.371 e. The van der Waals surface area contributed by atoms with E-state index < -0.39 is 0 Å². The number of rotatable bonds is 2. The van der Waals surface area contributed by atoms with E-state index in [-0.39, 0.29) is 10.6 Å². The minimum absolute atomic E-state index is 0.162. The number of nitrogens with zero attached hydrogens (tertiary/aromatic N) is 2. The molecule has 5 nitrogen and oxygen atoms in total. The highest BCUT2D eigenvalue weighted by Gasteiger charge is 2.39. The summed E-state index contributed by atoms with van der Waals surface area (Å²) in [6, 6.07) is 6.89. The van der Waals surface area contributed by atoms with Crippen LogP contribution in [0, 0.1) is 15.5 Å². The number of benzene rings is 1. The monoisotopic (exact) mass is 247 g/mol. The Bertz CT molecular complexity index is 444. The third-order valence-electron chi connectivity index (χ3n) is 4.25.